The van der Waals surface area contributed by atoms with Crippen molar-refractivity contribution < 1.29 is 19.2 Å². The van der Waals surface area contributed by atoms with Gasteiger partial charge in [0, 0.05) is 58.1 Å². The molecule has 202 valence electrons. The van der Waals surface area contributed by atoms with Crippen LogP contribution in [0.25, 0.3) is 0 Å². The molecule has 0 fully saturated rings. The minimum atomic E-state index is -0.340. The zero-order valence-electron chi connectivity index (χ0n) is 21.4. The van der Waals surface area contributed by atoms with E-state index in [1.54, 1.807) is 97.1 Å². The number of benzene rings is 4. The first-order valence-corrected chi connectivity index (χ1v) is 12.4. The van der Waals surface area contributed by atoms with Crippen molar-refractivity contribution in [2.75, 3.05) is 35.2 Å². The summed E-state index contributed by atoms with van der Waals surface area (Å²) in [7, 11) is 0. The van der Waals surface area contributed by atoms with Crippen molar-refractivity contribution in [3.63, 3.8) is 0 Å². The lowest BCUT2D eigenvalue weighted by Crippen LogP contribution is -2.34. The second-order valence-corrected chi connectivity index (χ2v) is 8.83. The summed E-state index contributed by atoms with van der Waals surface area (Å²) in [6.45, 7) is 0.395. The molecule has 4 amide bonds. The third-order valence-corrected chi connectivity index (χ3v) is 5.80. The Labute approximate surface area is 230 Å². The molecule has 0 spiro atoms. The van der Waals surface area contributed by atoms with Crippen molar-refractivity contribution in [1.29, 1.82) is 0 Å². The fraction of sp³-hybridized carbons (Fsp3) is 0.0667. The molecule has 0 aliphatic rings. The van der Waals surface area contributed by atoms with E-state index in [2.05, 4.69) is 21.3 Å². The molecule has 0 bridgehead atoms. The van der Waals surface area contributed by atoms with Crippen LogP contribution in [0.5, 0.6) is 0 Å². The Balaban J connectivity index is 1.20. The number of hydrogen-bond donors (Lipinski definition) is 6. The lowest BCUT2D eigenvalue weighted by molar-refractivity contribution is 0.0927. The first-order chi connectivity index (χ1) is 19.3. The average Bonchev–Trinajstić information content (AvgIpc) is 2.95. The van der Waals surface area contributed by atoms with Gasteiger partial charge in [-0.05, 0) is 84.9 Å². The number of carbonyl (C=O) groups is 4. The van der Waals surface area contributed by atoms with Gasteiger partial charge in [-0.15, -0.1) is 0 Å². The maximum absolute atomic E-state index is 12.4. The number of nitrogens with one attached hydrogen (secondary N) is 4. The van der Waals surface area contributed by atoms with Gasteiger partial charge < -0.3 is 32.7 Å². The van der Waals surface area contributed by atoms with Gasteiger partial charge in [-0.2, -0.15) is 0 Å². The van der Waals surface area contributed by atoms with Crippen LogP contribution in [-0.2, 0) is 0 Å². The lowest BCUT2D eigenvalue weighted by Gasteiger charge is -2.09. The monoisotopic (exact) mass is 536 g/mol. The normalized spacial score (nSPS) is 10.3. The Morgan fingerprint density at radius 1 is 0.475 bits per heavy atom. The lowest BCUT2D eigenvalue weighted by atomic mass is 10.1. The first kappa shape index (κ1) is 27.4. The molecule has 10 nitrogen and oxygen atoms in total. The molecule has 40 heavy (non-hydrogen) atoms. The van der Waals surface area contributed by atoms with Crippen molar-refractivity contribution in [2.24, 2.45) is 0 Å². The molecule has 8 N–H and O–H groups in total. The van der Waals surface area contributed by atoms with Crippen LogP contribution >= 0.6 is 0 Å². The minimum absolute atomic E-state index is 0.197. The third kappa shape index (κ3) is 7.45. The number of anilines is 4. The van der Waals surface area contributed by atoms with Gasteiger partial charge in [-0.25, -0.2) is 0 Å². The molecular weight excluding hydrogens is 508 g/mol. The maximum Gasteiger partial charge on any atom is 0.255 e. The van der Waals surface area contributed by atoms with E-state index in [9.17, 15) is 19.2 Å². The Morgan fingerprint density at radius 2 is 0.800 bits per heavy atom. The molecule has 0 heterocycles. The van der Waals surface area contributed by atoms with Gasteiger partial charge in [0.05, 0.1) is 0 Å². The second kappa shape index (κ2) is 12.7. The molecule has 0 aliphatic carbocycles. The molecular formula is C30H28N6O4. The second-order valence-electron chi connectivity index (χ2n) is 8.83. The summed E-state index contributed by atoms with van der Waals surface area (Å²) in [6, 6.07) is 26.1. The summed E-state index contributed by atoms with van der Waals surface area (Å²) in [5.74, 6) is -1.33. The molecule has 10 heteroatoms. The van der Waals surface area contributed by atoms with Gasteiger partial charge in [0.2, 0.25) is 0 Å². The molecule has 4 aromatic carbocycles. The van der Waals surface area contributed by atoms with Gasteiger partial charge in [0.1, 0.15) is 0 Å². The summed E-state index contributed by atoms with van der Waals surface area (Å²) in [5, 5.41) is 10.9. The van der Waals surface area contributed by atoms with Gasteiger partial charge >= 0.3 is 0 Å². The predicted molar refractivity (Wildman–Crippen MR) is 155 cm³/mol. The SMILES string of the molecule is Nc1cccc(NC(=O)c2ccc(C(=O)NCCNC(=O)c3ccc(C(=O)Nc4cccc(N)c4)cc3)cc2)c1. The summed E-state index contributed by atoms with van der Waals surface area (Å²) in [4.78, 5) is 49.7. The Hall–Kier alpha value is -5.64. The number of nitrogens with two attached hydrogens (primary N) is 2. The van der Waals surface area contributed by atoms with Crippen LogP contribution < -0.4 is 32.7 Å². The van der Waals surface area contributed by atoms with Crippen molar-refractivity contribution in [2.45, 2.75) is 0 Å². The van der Waals surface area contributed by atoms with E-state index < -0.39 is 0 Å². The van der Waals surface area contributed by atoms with Crippen molar-refractivity contribution in [3.8, 4) is 0 Å². The summed E-state index contributed by atoms with van der Waals surface area (Å²) in [6.07, 6.45) is 0. The minimum Gasteiger partial charge on any atom is -0.399 e. The largest absolute Gasteiger partial charge is 0.399 e. The quantitative estimate of drug-likeness (QED) is 0.141. The predicted octanol–water partition coefficient (Wildman–Crippen LogP) is 3.52. The number of nitrogen functional groups attached to an aromatic ring is 2. The zero-order chi connectivity index (χ0) is 28.5. The van der Waals surface area contributed by atoms with Gasteiger partial charge in [0.25, 0.3) is 23.6 Å². The van der Waals surface area contributed by atoms with E-state index in [1.807, 2.05) is 0 Å². The van der Waals surface area contributed by atoms with E-state index in [0.717, 1.165) is 0 Å². The van der Waals surface area contributed by atoms with E-state index in [0.29, 0.717) is 45.0 Å². The number of amides is 4. The van der Waals surface area contributed by atoms with Crippen LogP contribution in [0.1, 0.15) is 41.4 Å². The number of hydrogen-bond acceptors (Lipinski definition) is 6. The van der Waals surface area contributed by atoms with E-state index in [4.69, 9.17) is 11.5 Å². The zero-order valence-corrected chi connectivity index (χ0v) is 21.4. The highest BCUT2D eigenvalue weighted by atomic mass is 16.2. The molecule has 4 aromatic rings. The Kier molecular flexibility index (Phi) is 8.73. The highest BCUT2D eigenvalue weighted by Crippen LogP contribution is 2.15. The molecule has 0 saturated heterocycles. The van der Waals surface area contributed by atoms with E-state index >= 15 is 0 Å². The fourth-order valence-corrected chi connectivity index (χ4v) is 3.74. The van der Waals surface area contributed by atoms with E-state index in [1.165, 1.54) is 0 Å². The van der Waals surface area contributed by atoms with Crippen molar-refractivity contribution >= 4 is 46.4 Å². The Morgan fingerprint density at radius 3 is 1.12 bits per heavy atom. The van der Waals surface area contributed by atoms with Crippen molar-refractivity contribution in [1.82, 2.24) is 10.6 Å². The summed E-state index contributed by atoms with van der Waals surface area (Å²) >= 11 is 0. The highest BCUT2D eigenvalue weighted by molar-refractivity contribution is 6.06. The maximum atomic E-state index is 12.4. The molecule has 4 rings (SSSR count). The van der Waals surface area contributed by atoms with Crippen LogP contribution in [0.15, 0.2) is 97.1 Å². The van der Waals surface area contributed by atoms with Crippen LogP contribution in [0.3, 0.4) is 0 Å². The molecule has 0 aromatic heterocycles. The fourth-order valence-electron chi connectivity index (χ4n) is 3.74. The van der Waals surface area contributed by atoms with Crippen LogP contribution in [0.2, 0.25) is 0 Å². The number of carbonyl (C=O) groups excluding carboxylic acids is 4. The van der Waals surface area contributed by atoms with E-state index in [-0.39, 0.29) is 36.7 Å². The first-order valence-electron chi connectivity index (χ1n) is 12.4. The molecule has 0 aliphatic heterocycles. The molecule has 0 saturated carbocycles. The highest BCUT2D eigenvalue weighted by Gasteiger charge is 2.11. The van der Waals surface area contributed by atoms with Crippen molar-refractivity contribution in [3.05, 3.63) is 119 Å². The topological polar surface area (TPSA) is 168 Å². The standard InChI is InChI=1S/C30H28N6O4/c31-23-3-1-5-25(17-23)35-29(39)21-11-7-19(8-12-21)27(37)33-15-16-34-28(38)20-9-13-22(14-10-20)30(40)36-26-6-2-4-24(32)18-26/h1-14,17-18H,15-16,31-32H2,(H,33,37)(H,34,38)(H,35,39)(H,36,40). The summed E-state index contributed by atoms with van der Waals surface area (Å²) in [5.41, 5.74) is 15.2. The molecule has 0 radical (unpaired) electrons. The third-order valence-electron chi connectivity index (χ3n) is 5.80. The number of rotatable bonds is 9. The summed E-state index contributed by atoms with van der Waals surface area (Å²) < 4.78 is 0. The van der Waals surface area contributed by atoms with Crippen LogP contribution in [-0.4, -0.2) is 36.7 Å². The Bertz CT molecular complexity index is 1420. The molecule has 0 unspecified atom stereocenters. The average molecular weight is 537 g/mol. The smallest absolute Gasteiger partial charge is 0.255 e. The van der Waals surface area contributed by atoms with Crippen LogP contribution in [0, 0.1) is 0 Å². The van der Waals surface area contributed by atoms with Gasteiger partial charge in [0.15, 0.2) is 0 Å². The van der Waals surface area contributed by atoms with Gasteiger partial charge in [-0.1, -0.05) is 12.1 Å². The van der Waals surface area contributed by atoms with Gasteiger partial charge in [-0.3, -0.25) is 19.2 Å². The molecule has 0 atom stereocenters. The van der Waals surface area contributed by atoms with Crippen LogP contribution in [0.4, 0.5) is 22.7 Å².